The molecule has 2 heterocycles. The smallest absolute Gasteiger partial charge is 0.328 e. The summed E-state index contributed by atoms with van der Waals surface area (Å²) >= 11 is 11.9. The maximum atomic E-state index is 12.6. The highest BCUT2D eigenvalue weighted by Gasteiger charge is 2.15. The third-order valence-corrected chi connectivity index (χ3v) is 4.26. The molecule has 1 aromatic carbocycles. The van der Waals surface area contributed by atoms with Crippen molar-refractivity contribution in [1.29, 1.82) is 0 Å². The SMILES string of the molecule is Cn1cnc2c1c(=O)n(Cc1ccc(Cl)c(Cl)c1)c(=O)n2C. The van der Waals surface area contributed by atoms with Crippen LogP contribution in [0.4, 0.5) is 0 Å². The molecule has 0 fully saturated rings. The highest BCUT2D eigenvalue weighted by atomic mass is 35.5. The Morgan fingerprint density at radius 1 is 1.14 bits per heavy atom. The van der Waals surface area contributed by atoms with E-state index in [0.29, 0.717) is 21.2 Å². The molecule has 0 saturated carbocycles. The maximum Gasteiger partial charge on any atom is 0.332 e. The average Bonchev–Trinajstić information content (AvgIpc) is 2.87. The van der Waals surface area contributed by atoms with Gasteiger partial charge in [0.25, 0.3) is 5.56 Å². The predicted octanol–water partition coefficient (Wildman–Crippen LogP) is 1.79. The summed E-state index contributed by atoms with van der Waals surface area (Å²) in [5.74, 6) is 0. The first-order valence-electron chi connectivity index (χ1n) is 6.45. The van der Waals surface area contributed by atoms with Gasteiger partial charge in [0, 0.05) is 14.1 Å². The molecule has 0 aliphatic carbocycles. The van der Waals surface area contributed by atoms with Gasteiger partial charge >= 0.3 is 5.69 Å². The second-order valence-corrected chi connectivity index (χ2v) is 5.82. The van der Waals surface area contributed by atoms with Gasteiger partial charge in [-0.25, -0.2) is 9.78 Å². The number of aromatic nitrogens is 4. The van der Waals surface area contributed by atoms with Crippen molar-refractivity contribution in [2.24, 2.45) is 14.1 Å². The van der Waals surface area contributed by atoms with Crippen LogP contribution < -0.4 is 11.2 Å². The minimum absolute atomic E-state index is 0.115. The minimum atomic E-state index is -0.428. The zero-order valence-electron chi connectivity index (χ0n) is 11.9. The van der Waals surface area contributed by atoms with E-state index in [1.165, 1.54) is 10.9 Å². The Morgan fingerprint density at radius 2 is 1.86 bits per heavy atom. The van der Waals surface area contributed by atoms with Crippen molar-refractivity contribution in [2.75, 3.05) is 0 Å². The summed E-state index contributed by atoms with van der Waals surface area (Å²) in [5, 5.41) is 0.804. The zero-order chi connectivity index (χ0) is 16.0. The lowest BCUT2D eigenvalue weighted by atomic mass is 10.2. The Hall–Kier alpha value is -2.05. The van der Waals surface area contributed by atoms with Gasteiger partial charge in [-0.2, -0.15) is 0 Å². The van der Waals surface area contributed by atoms with Crippen LogP contribution in [0.25, 0.3) is 11.2 Å². The molecule has 114 valence electrons. The lowest BCUT2D eigenvalue weighted by Gasteiger charge is -2.09. The van der Waals surface area contributed by atoms with Crippen LogP contribution in [0.5, 0.6) is 0 Å². The molecule has 22 heavy (non-hydrogen) atoms. The molecule has 2 aromatic heterocycles. The summed E-state index contributed by atoms with van der Waals surface area (Å²) in [7, 11) is 3.30. The van der Waals surface area contributed by atoms with E-state index in [4.69, 9.17) is 23.2 Å². The van der Waals surface area contributed by atoms with Crippen molar-refractivity contribution in [1.82, 2.24) is 18.7 Å². The van der Waals surface area contributed by atoms with Crippen LogP contribution >= 0.6 is 23.2 Å². The van der Waals surface area contributed by atoms with Crippen molar-refractivity contribution >= 4 is 34.4 Å². The molecule has 8 heteroatoms. The number of halogens is 2. The molecule has 0 bridgehead atoms. The molecule has 3 aromatic rings. The van der Waals surface area contributed by atoms with Crippen LogP contribution in [-0.2, 0) is 20.6 Å². The van der Waals surface area contributed by atoms with E-state index in [0.717, 1.165) is 10.1 Å². The van der Waals surface area contributed by atoms with Gasteiger partial charge < -0.3 is 4.57 Å². The summed E-state index contributed by atoms with van der Waals surface area (Å²) in [4.78, 5) is 29.0. The first kappa shape index (κ1) is 14.9. The van der Waals surface area contributed by atoms with E-state index >= 15 is 0 Å². The fourth-order valence-corrected chi connectivity index (χ4v) is 2.68. The van der Waals surface area contributed by atoms with E-state index in [-0.39, 0.29) is 12.1 Å². The number of benzene rings is 1. The van der Waals surface area contributed by atoms with Gasteiger partial charge in [0.2, 0.25) is 0 Å². The monoisotopic (exact) mass is 338 g/mol. The van der Waals surface area contributed by atoms with E-state index in [1.54, 1.807) is 36.9 Å². The molecule has 0 spiro atoms. The fraction of sp³-hybridized carbons (Fsp3) is 0.214. The number of fused-ring (bicyclic) bond motifs is 1. The summed E-state index contributed by atoms with van der Waals surface area (Å²) in [6.07, 6.45) is 1.51. The largest absolute Gasteiger partial charge is 0.332 e. The molecule has 3 rings (SSSR count). The second kappa shape index (κ2) is 5.30. The first-order valence-corrected chi connectivity index (χ1v) is 7.20. The van der Waals surface area contributed by atoms with Gasteiger partial charge in [0.1, 0.15) is 0 Å². The van der Waals surface area contributed by atoms with Crippen LogP contribution in [0.1, 0.15) is 5.56 Å². The molecule has 0 aliphatic heterocycles. The molecule has 0 amide bonds. The van der Waals surface area contributed by atoms with Crippen molar-refractivity contribution in [3.8, 4) is 0 Å². The second-order valence-electron chi connectivity index (χ2n) is 5.01. The molecule has 6 nitrogen and oxygen atoms in total. The molecule has 0 aliphatic rings. The van der Waals surface area contributed by atoms with Crippen LogP contribution in [0.3, 0.4) is 0 Å². The van der Waals surface area contributed by atoms with E-state index in [9.17, 15) is 9.59 Å². The quantitative estimate of drug-likeness (QED) is 0.715. The third kappa shape index (κ3) is 2.24. The number of hydrogen-bond donors (Lipinski definition) is 0. The number of hydrogen-bond acceptors (Lipinski definition) is 3. The van der Waals surface area contributed by atoms with Gasteiger partial charge in [-0.15, -0.1) is 0 Å². The Bertz CT molecular complexity index is 1000. The zero-order valence-corrected chi connectivity index (χ0v) is 13.4. The van der Waals surface area contributed by atoms with E-state index < -0.39 is 5.69 Å². The number of imidazole rings is 1. The molecule has 0 unspecified atom stereocenters. The number of aryl methyl sites for hydroxylation is 2. The Labute approximate surface area is 135 Å². The third-order valence-electron chi connectivity index (χ3n) is 3.53. The summed E-state index contributed by atoms with van der Waals surface area (Å²) < 4.78 is 4.11. The van der Waals surface area contributed by atoms with Crippen molar-refractivity contribution in [3.63, 3.8) is 0 Å². The summed E-state index contributed by atoms with van der Waals surface area (Å²) in [6, 6.07) is 5.01. The Morgan fingerprint density at radius 3 is 2.55 bits per heavy atom. The van der Waals surface area contributed by atoms with Crippen LogP contribution in [-0.4, -0.2) is 18.7 Å². The normalized spacial score (nSPS) is 11.3. The van der Waals surface area contributed by atoms with Gasteiger partial charge in [0.05, 0.1) is 22.9 Å². The van der Waals surface area contributed by atoms with Crippen LogP contribution in [0.15, 0.2) is 34.1 Å². The van der Waals surface area contributed by atoms with Gasteiger partial charge in [-0.1, -0.05) is 29.3 Å². The van der Waals surface area contributed by atoms with Crippen molar-refractivity contribution < 1.29 is 0 Å². The lowest BCUT2D eigenvalue weighted by molar-refractivity contribution is 0.655. The topological polar surface area (TPSA) is 61.8 Å². The highest BCUT2D eigenvalue weighted by molar-refractivity contribution is 6.42. The maximum absolute atomic E-state index is 12.6. The van der Waals surface area contributed by atoms with Crippen LogP contribution in [0.2, 0.25) is 10.0 Å². The van der Waals surface area contributed by atoms with Gasteiger partial charge in [-0.05, 0) is 17.7 Å². The minimum Gasteiger partial charge on any atom is -0.328 e. The Balaban J connectivity index is 2.22. The number of rotatable bonds is 2. The van der Waals surface area contributed by atoms with Crippen molar-refractivity contribution in [3.05, 3.63) is 61.0 Å². The summed E-state index contributed by atoms with van der Waals surface area (Å²) in [6.45, 7) is 0.115. The summed E-state index contributed by atoms with van der Waals surface area (Å²) in [5.41, 5.74) is 0.645. The molecule has 0 saturated heterocycles. The van der Waals surface area contributed by atoms with Crippen molar-refractivity contribution in [2.45, 2.75) is 6.54 Å². The predicted molar refractivity (Wildman–Crippen MR) is 85.8 cm³/mol. The van der Waals surface area contributed by atoms with Gasteiger partial charge in [-0.3, -0.25) is 13.9 Å². The highest BCUT2D eigenvalue weighted by Crippen LogP contribution is 2.22. The fourth-order valence-electron chi connectivity index (χ4n) is 2.36. The first-order chi connectivity index (χ1) is 10.4. The average molecular weight is 339 g/mol. The molecular weight excluding hydrogens is 327 g/mol. The molecule has 0 atom stereocenters. The molecule has 0 radical (unpaired) electrons. The molecule has 0 N–H and O–H groups in total. The lowest BCUT2D eigenvalue weighted by Crippen LogP contribution is -2.39. The molecular formula is C14H12Cl2N4O2. The van der Waals surface area contributed by atoms with Gasteiger partial charge in [0.15, 0.2) is 11.2 Å². The van der Waals surface area contributed by atoms with Crippen LogP contribution in [0, 0.1) is 0 Å². The Kier molecular flexibility index (Phi) is 3.58. The number of nitrogens with zero attached hydrogens (tertiary/aromatic N) is 4. The van der Waals surface area contributed by atoms with E-state index in [1.807, 2.05) is 0 Å². The van der Waals surface area contributed by atoms with E-state index in [2.05, 4.69) is 4.98 Å². The standard InChI is InChI=1S/C14H12Cl2N4O2/c1-18-7-17-12-11(18)13(21)20(14(22)19(12)2)6-8-3-4-9(15)10(16)5-8/h3-5,7H,6H2,1-2H3.